The van der Waals surface area contributed by atoms with Crippen LogP contribution in [0.5, 0.6) is 0 Å². The zero-order valence-corrected chi connectivity index (χ0v) is 21.0. The van der Waals surface area contributed by atoms with Gasteiger partial charge < -0.3 is 0 Å². The highest BCUT2D eigenvalue weighted by atomic mass is 35.7. The summed E-state index contributed by atoms with van der Waals surface area (Å²) in [5.41, 5.74) is 5.01. The predicted octanol–water partition coefficient (Wildman–Crippen LogP) is 0.745. The lowest BCUT2D eigenvalue weighted by molar-refractivity contribution is -2.00. The van der Waals surface area contributed by atoms with Gasteiger partial charge in [0.05, 0.1) is 5.69 Å². The molecular formula is C27H27ClNO4P. The highest BCUT2D eigenvalue weighted by Crippen LogP contribution is 2.58. The third kappa shape index (κ3) is 6.94. The Kier molecular flexibility index (Phi) is 8.56. The summed E-state index contributed by atoms with van der Waals surface area (Å²) in [7, 11) is -6.84. The Morgan fingerprint density at radius 2 is 0.941 bits per heavy atom. The second-order valence-electron chi connectivity index (χ2n) is 8.17. The molecule has 5 nitrogen and oxygen atoms in total. The number of halogens is 1. The minimum absolute atomic E-state index is 0.920. The lowest BCUT2D eigenvalue weighted by Gasteiger charge is -2.28. The molecule has 0 amide bonds. The molecule has 0 atom stereocenters. The van der Waals surface area contributed by atoms with Crippen molar-refractivity contribution in [1.82, 2.24) is 4.98 Å². The van der Waals surface area contributed by atoms with Gasteiger partial charge in [0.25, 0.3) is 0 Å². The molecule has 0 fully saturated rings. The van der Waals surface area contributed by atoms with Crippen LogP contribution >= 0.6 is 7.26 Å². The van der Waals surface area contributed by atoms with Crippen molar-refractivity contribution < 1.29 is 28.9 Å². The Hall–Kier alpha value is -2.63. The van der Waals surface area contributed by atoms with Crippen LogP contribution in [0.2, 0.25) is 0 Å². The van der Waals surface area contributed by atoms with E-state index < -0.39 is 17.5 Å². The summed E-state index contributed by atoms with van der Waals surface area (Å²) < 4.78 is 34.0. The Morgan fingerprint density at radius 3 is 1.24 bits per heavy atom. The summed E-state index contributed by atoms with van der Waals surface area (Å²) in [5, 5.41) is 4.21. The van der Waals surface area contributed by atoms with Crippen molar-refractivity contribution in [3.63, 3.8) is 0 Å². The summed E-state index contributed by atoms with van der Waals surface area (Å²) in [4.78, 5) is 4.72. The highest BCUT2D eigenvalue weighted by Gasteiger charge is 2.45. The van der Waals surface area contributed by atoms with Gasteiger partial charge in [-0.3, -0.25) is 4.98 Å². The summed E-state index contributed by atoms with van der Waals surface area (Å²) in [6, 6.07) is 33.6. The average molecular weight is 496 g/mol. The average Bonchev–Trinajstić information content (AvgIpc) is 2.79. The fraction of sp³-hybridized carbons (Fsp3) is 0.148. The normalized spacial score (nSPS) is 11.5. The zero-order chi connectivity index (χ0) is 24.8. The van der Waals surface area contributed by atoms with Crippen molar-refractivity contribution in [3.05, 3.63) is 120 Å². The van der Waals surface area contributed by atoms with Gasteiger partial charge in [0.1, 0.15) is 29.3 Å². The van der Waals surface area contributed by atoms with Gasteiger partial charge in [0, 0.05) is 6.20 Å². The van der Waals surface area contributed by atoms with Crippen molar-refractivity contribution in [2.24, 2.45) is 0 Å². The van der Waals surface area contributed by atoms with Gasteiger partial charge in [0.15, 0.2) is 0 Å². The molecule has 0 aliphatic carbocycles. The van der Waals surface area contributed by atoms with Crippen LogP contribution in [0.1, 0.15) is 22.4 Å². The third-order valence-electron chi connectivity index (χ3n) is 5.55. The number of hydrogen-bond donors (Lipinski definition) is 0. The number of aryl methyl sites for hydroxylation is 3. The fourth-order valence-electron chi connectivity index (χ4n) is 3.85. The van der Waals surface area contributed by atoms with Crippen LogP contribution in [-0.4, -0.2) is 4.98 Å². The molecule has 0 bridgehead atoms. The molecule has 0 aliphatic rings. The smallest absolute Gasteiger partial charge is 0.118 e. The molecule has 1 aromatic heterocycles. The van der Waals surface area contributed by atoms with Gasteiger partial charge in [-0.1, -0.05) is 59.2 Å². The number of benzene rings is 3. The van der Waals surface area contributed by atoms with Crippen molar-refractivity contribution in [1.29, 1.82) is 0 Å². The Bertz CT molecular complexity index is 1060. The van der Waals surface area contributed by atoms with Gasteiger partial charge in [-0.15, -0.1) is 10.2 Å². The minimum atomic E-state index is -4.94. The van der Waals surface area contributed by atoms with Gasteiger partial charge in [-0.2, -0.15) is 0 Å². The molecule has 4 aromatic rings. The second-order valence-corrected chi connectivity index (χ2v) is 12.4. The molecule has 1 heterocycles. The van der Waals surface area contributed by atoms with E-state index >= 15 is 0 Å². The highest BCUT2D eigenvalue weighted by molar-refractivity contribution is 7.95. The van der Waals surface area contributed by atoms with Crippen LogP contribution in [0.4, 0.5) is 0 Å². The van der Waals surface area contributed by atoms with Crippen molar-refractivity contribution in [2.45, 2.75) is 26.9 Å². The fourth-order valence-corrected chi connectivity index (χ4v) is 7.94. The first-order chi connectivity index (χ1) is 16.1. The van der Waals surface area contributed by atoms with Gasteiger partial charge in [-0.25, -0.2) is 18.6 Å². The summed E-state index contributed by atoms with van der Waals surface area (Å²) in [5.74, 6) is 0. The van der Waals surface area contributed by atoms with Gasteiger partial charge >= 0.3 is 0 Å². The van der Waals surface area contributed by atoms with E-state index in [-0.39, 0.29) is 0 Å². The topological polar surface area (TPSA) is 105 Å². The van der Waals surface area contributed by atoms with E-state index in [1.807, 2.05) is 12.3 Å². The first kappa shape index (κ1) is 26.0. The van der Waals surface area contributed by atoms with Crippen LogP contribution < -0.4 is 34.5 Å². The monoisotopic (exact) mass is 495 g/mol. The molecule has 0 radical (unpaired) electrons. The second kappa shape index (κ2) is 11.2. The molecule has 34 heavy (non-hydrogen) atoms. The van der Waals surface area contributed by atoms with Gasteiger partial charge in [-0.05, 0) is 69.3 Å². The van der Waals surface area contributed by atoms with Crippen LogP contribution in [0.25, 0.3) is 0 Å². The van der Waals surface area contributed by atoms with Crippen LogP contribution in [-0.2, 0) is 6.16 Å². The van der Waals surface area contributed by atoms with Gasteiger partial charge in [0.2, 0.25) is 0 Å². The van der Waals surface area contributed by atoms with Crippen molar-refractivity contribution >= 4 is 23.2 Å². The quantitative estimate of drug-likeness (QED) is 0.380. The molecule has 7 heteroatoms. The molecule has 4 rings (SSSR count). The van der Waals surface area contributed by atoms with E-state index in [0.29, 0.717) is 0 Å². The van der Waals surface area contributed by atoms with E-state index in [2.05, 4.69) is 106 Å². The summed E-state index contributed by atoms with van der Waals surface area (Å²) >= 11 is 0. The lowest BCUT2D eigenvalue weighted by atomic mass is 10.2. The van der Waals surface area contributed by atoms with E-state index in [4.69, 9.17) is 23.6 Å². The molecule has 0 saturated heterocycles. The number of pyridine rings is 1. The maximum Gasteiger partial charge on any atom is 0.118 e. The Labute approximate surface area is 203 Å². The van der Waals surface area contributed by atoms with E-state index in [1.165, 1.54) is 32.6 Å². The first-order valence-electron chi connectivity index (χ1n) is 10.7. The SMILES string of the molecule is Cc1ccc([P+](Cc2ccccn2)(c2ccc(C)cc2)c2ccc(C)cc2)cc1.[O-][Cl+3]([O-])([O-])[O-]. The first-order valence-corrected chi connectivity index (χ1v) is 13.9. The van der Waals surface area contributed by atoms with Crippen LogP contribution in [0.3, 0.4) is 0 Å². The number of hydrogen-bond acceptors (Lipinski definition) is 5. The van der Waals surface area contributed by atoms with Crippen LogP contribution in [0.15, 0.2) is 97.2 Å². The molecular weight excluding hydrogens is 469 g/mol. The summed E-state index contributed by atoms with van der Waals surface area (Å²) in [6.07, 6.45) is 2.83. The third-order valence-corrected chi connectivity index (χ3v) is 9.89. The maximum atomic E-state index is 8.49. The molecule has 0 saturated carbocycles. The lowest BCUT2D eigenvalue weighted by Crippen LogP contribution is -2.68. The minimum Gasteiger partial charge on any atom is -0.257 e. The standard InChI is InChI=1S/C27H27NP.ClHO4/c1-21-7-13-25(14-8-21)29(20-24-6-4-5-19-28-24,26-15-9-22(2)10-16-26)27-17-11-23(3)12-18-27;2-1(3,4)5/h4-19H,20H2,1-3H3;(H,2,3,4,5)/q+1;/p-1. The molecule has 0 unspecified atom stereocenters. The largest absolute Gasteiger partial charge is 0.257 e. The van der Waals surface area contributed by atoms with E-state index in [0.717, 1.165) is 11.9 Å². The van der Waals surface area contributed by atoms with Crippen LogP contribution in [0, 0.1) is 31.0 Å². The molecule has 0 N–H and O–H groups in total. The van der Waals surface area contributed by atoms with E-state index in [1.54, 1.807) is 0 Å². The predicted molar refractivity (Wildman–Crippen MR) is 127 cm³/mol. The molecule has 3 aromatic carbocycles. The maximum absolute atomic E-state index is 8.49. The number of nitrogens with zero attached hydrogens (tertiary/aromatic N) is 1. The Morgan fingerprint density at radius 1 is 0.588 bits per heavy atom. The molecule has 176 valence electrons. The van der Waals surface area contributed by atoms with Crippen molar-refractivity contribution in [3.8, 4) is 0 Å². The molecule has 0 spiro atoms. The Balaban J connectivity index is 0.000000588. The van der Waals surface area contributed by atoms with Crippen molar-refractivity contribution in [2.75, 3.05) is 0 Å². The zero-order valence-electron chi connectivity index (χ0n) is 19.4. The molecule has 0 aliphatic heterocycles. The number of aromatic nitrogens is 1. The number of rotatable bonds is 5. The summed E-state index contributed by atoms with van der Waals surface area (Å²) in [6.45, 7) is 6.46. The van der Waals surface area contributed by atoms with E-state index in [9.17, 15) is 0 Å².